The van der Waals surface area contributed by atoms with E-state index in [0.717, 1.165) is 18.5 Å². The average Bonchev–Trinajstić information content (AvgIpc) is 3.21. The quantitative estimate of drug-likeness (QED) is 0.675. The maximum Gasteiger partial charge on any atom is 0.274 e. The summed E-state index contributed by atoms with van der Waals surface area (Å²) in [7, 11) is 0. The van der Waals surface area contributed by atoms with Crippen LogP contribution in [0.25, 0.3) is 5.69 Å². The molecule has 2 aromatic rings. The number of hydrogen-bond donors (Lipinski definition) is 1. The minimum atomic E-state index is -0.0356. The van der Waals surface area contributed by atoms with Gasteiger partial charge in [-0.3, -0.25) is 4.79 Å². The van der Waals surface area contributed by atoms with E-state index < -0.39 is 0 Å². The largest absolute Gasteiger partial charge is 0.399 e. The molecule has 21 heavy (non-hydrogen) atoms. The molecule has 0 unspecified atom stereocenters. The first kappa shape index (κ1) is 13.4. The number of hydrogen-bond acceptors (Lipinski definition) is 3. The van der Waals surface area contributed by atoms with Gasteiger partial charge in [0.25, 0.3) is 5.91 Å². The summed E-state index contributed by atoms with van der Waals surface area (Å²) in [6.07, 6.45) is 5.68. The Morgan fingerprint density at radius 3 is 2.71 bits per heavy atom. The van der Waals surface area contributed by atoms with Crippen LogP contribution >= 0.6 is 0 Å². The third-order valence-corrected chi connectivity index (χ3v) is 3.54. The molecule has 1 aromatic carbocycles. The first-order valence-electron chi connectivity index (χ1n) is 7.02. The van der Waals surface area contributed by atoms with E-state index in [-0.39, 0.29) is 5.91 Å². The zero-order valence-corrected chi connectivity index (χ0v) is 11.8. The van der Waals surface area contributed by atoms with Gasteiger partial charge in [-0.25, -0.2) is 4.68 Å². The maximum absolute atomic E-state index is 12.5. The highest BCUT2D eigenvalue weighted by Crippen LogP contribution is 2.28. The smallest absolute Gasteiger partial charge is 0.274 e. The summed E-state index contributed by atoms with van der Waals surface area (Å²) in [5.74, 6) is -0.0356. The van der Waals surface area contributed by atoms with Gasteiger partial charge in [-0.1, -0.05) is 6.08 Å². The molecule has 0 radical (unpaired) electrons. The Bertz CT molecular complexity index is 655. The van der Waals surface area contributed by atoms with E-state index in [1.54, 1.807) is 23.0 Å². The Morgan fingerprint density at radius 1 is 1.38 bits per heavy atom. The number of carbonyl (C=O) groups excluding carboxylic acids is 1. The van der Waals surface area contributed by atoms with Crippen molar-refractivity contribution in [2.75, 3.05) is 12.3 Å². The van der Waals surface area contributed by atoms with E-state index in [2.05, 4.69) is 11.7 Å². The molecule has 5 heteroatoms. The average molecular weight is 282 g/mol. The predicted molar refractivity (Wildman–Crippen MR) is 82.2 cm³/mol. The molecule has 1 aliphatic rings. The Balaban J connectivity index is 1.82. The van der Waals surface area contributed by atoms with Crippen LogP contribution in [-0.2, 0) is 0 Å². The van der Waals surface area contributed by atoms with Gasteiger partial charge in [-0.2, -0.15) is 5.10 Å². The molecular formula is C16H18N4O. The number of anilines is 1. The highest BCUT2D eigenvalue weighted by Gasteiger charge is 2.33. The monoisotopic (exact) mass is 282 g/mol. The standard InChI is InChI=1S/C16H18N4O/c1-2-10-19(13-7-8-13)16(21)15-9-11-20(18-15)14-5-3-12(17)4-6-14/h2-6,9,11,13H,1,7-8,10,17H2. The molecule has 1 amide bonds. The number of benzene rings is 1. The lowest BCUT2D eigenvalue weighted by molar-refractivity contribution is 0.0756. The second-order valence-corrected chi connectivity index (χ2v) is 5.21. The molecule has 1 aliphatic carbocycles. The SMILES string of the molecule is C=CCN(C(=O)c1ccn(-c2ccc(N)cc2)n1)C1CC1. The van der Waals surface area contributed by atoms with E-state index >= 15 is 0 Å². The van der Waals surface area contributed by atoms with E-state index in [1.165, 1.54) is 0 Å². The third kappa shape index (κ3) is 2.81. The lowest BCUT2D eigenvalue weighted by atomic mass is 10.3. The number of rotatable bonds is 5. The molecule has 0 atom stereocenters. The van der Waals surface area contributed by atoms with E-state index in [1.807, 2.05) is 29.2 Å². The van der Waals surface area contributed by atoms with Gasteiger partial charge in [0.2, 0.25) is 0 Å². The maximum atomic E-state index is 12.5. The molecule has 1 saturated carbocycles. The van der Waals surface area contributed by atoms with Crippen molar-refractivity contribution >= 4 is 11.6 Å². The molecule has 1 heterocycles. The van der Waals surface area contributed by atoms with E-state index in [0.29, 0.717) is 24.0 Å². The van der Waals surface area contributed by atoms with Crippen LogP contribution in [0.3, 0.4) is 0 Å². The minimum absolute atomic E-state index is 0.0356. The van der Waals surface area contributed by atoms with Crippen molar-refractivity contribution in [1.82, 2.24) is 14.7 Å². The fourth-order valence-electron chi connectivity index (χ4n) is 2.28. The minimum Gasteiger partial charge on any atom is -0.399 e. The number of nitrogens with two attached hydrogens (primary N) is 1. The summed E-state index contributed by atoms with van der Waals surface area (Å²) in [6, 6.07) is 9.46. The van der Waals surface area contributed by atoms with Crippen molar-refractivity contribution in [2.24, 2.45) is 0 Å². The van der Waals surface area contributed by atoms with Crippen LogP contribution in [-0.4, -0.2) is 33.2 Å². The Hall–Kier alpha value is -2.56. The topological polar surface area (TPSA) is 64.2 Å². The normalized spacial score (nSPS) is 13.9. The molecule has 0 bridgehead atoms. The van der Waals surface area contributed by atoms with E-state index in [9.17, 15) is 4.79 Å². The van der Waals surface area contributed by atoms with Crippen LogP contribution in [0.4, 0.5) is 5.69 Å². The molecule has 2 N–H and O–H groups in total. The van der Waals surface area contributed by atoms with Gasteiger partial charge in [-0.15, -0.1) is 6.58 Å². The molecule has 3 rings (SSSR count). The fraction of sp³-hybridized carbons (Fsp3) is 0.250. The highest BCUT2D eigenvalue weighted by atomic mass is 16.2. The number of nitrogen functional groups attached to an aromatic ring is 1. The van der Waals surface area contributed by atoms with Gasteiger partial charge in [-0.05, 0) is 43.2 Å². The molecule has 1 fully saturated rings. The van der Waals surface area contributed by atoms with E-state index in [4.69, 9.17) is 5.73 Å². The van der Waals surface area contributed by atoms with Gasteiger partial charge >= 0.3 is 0 Å². The zero-order chi connectivity index (χ0) is 14.8. The van der Waals surface area contributed by atoms with Crippen molar-refractivity contribution in [3.8, 4) is 5.69 Å². The van der Waals surface area contributed by atoms with Crippen LogP contribution in [0.1, 0.15) is 23.3 Å². The van der Waals surface area contributed by atoms with Crippen molar-refractivity contribution in [2.45, 2.75) is 18.9 Å². The summed E-state index contributed by atoms with van der Waals surface area (Å²) in [5.41, 5.74) is 7.71. The van der Waals surface area contributed by atoms with Gasteiger partial charge in [0.05, 0.1) is 5.69 Å². The number of amides is 1. The zero-order valence-electron chi connectivity index (χ0n) is 11.8. The Kier molecular flexibility index (Phi) is 3.48. The van der Waals surface area contributed by atoms with Crippen LogP contribution in [0.2, 0.25) is 0 Å². The van der Waals surface area contributed by atoms with Crippen molar-refractivity contribution in [3.63, 3.8) is 0 Å². The van der Waals surface area contributed by atoms with Gasteiger partial charge in [0.15, 0.2) is 5.69 Å². The summed E-state index contributed by atoms with van der Waals surface area (Å²) in [5, 5.41) is 4.37. The molecule has 5 nitrogen and oxygen atoms in total. The first-order valence-corrected chi connectivity index (χ1v) is 7.02. The summed E-state index contributed by atoms with van der Waals surface area (Å²) >= 11 is 0. The third-order valence-electron chi connectivity index (χ3n) is 3.54. The molecule has 0 saturated heterocycles. The van der Waals surface area contributed by atoms with Gasteiger partial charge < -0.3 is 10.6 Å². The van der Waals surface area contributed by atoms with Crippen molar-refractivity contribution in [1.29, 1.82) is 0 Å². The van der Waals surface area contributed by atoms with Crippen molar-refractivity contribution in [3.05, 3.63) is 54.9 Å². The van der Waals surface area contributed by atoms with Gasteiger partial charge in [0.1, 0.15) is 0 Å². The van der Waals surface area contributed by atoms with Crippen LogP contribution < -0.4 is 5.73 Å². The highest BCUT2D eigenvalue weighted by molar-refractivity contribution is 5.92. The molecular weight excluding hydrogens is 264 g/mol. The molecule has 0 aliphatic heterocycles. The Labute approximate surface area is 123 Å². The number of aromatic nitrogens is 2. The van der Waals surface area contributed by atoms with Crippen LogP contribution in [0, 0.1) is 0 Å². The molecule has 108 valence electrons. The summed E-state index contributed by atoms with van der Waals surface area (Å²) in [4.78, 5) is 14.3. The molecule has 1 aromatic heterocycles. The second-order valence-electron chi connectivity index (χ2n) is 5.21. The second kappa shape index (κ2) is 5.44. The lowest BCUT2D eigenvalue weighted by Gasteiger charge is -2.19. The summed E-state index contributed by atoms with van der Waals surface area (Å²) in [6.45, 7) is 4.28. The number of carbonyl (C=O) groups is 1. The summed E-state index contributed by atoms with van der Waals surface area (Å²) < 4.78 is 1.69. The number of nitrogens with zero attached hydrogens (tertiary/aromatic N) is 3. The van der Waals surface area contributed by atoms with Crippen LogP contribution in [0.5, 0.6) is 0 Å². The molecule has 0 spiro atoms. The Morgan fingerprint density at radius 2 is 2.10 bits per heavy atom. The van der Waals surface area contributed by atoms with Gasteiger partial charge in [0, 0.05) is 24.5 Å². The fourth-order valence-corrected chi connectivity index (χ4v) is 2.28. The first-order chi connectivity index (χ1) is 10.2. The van der Waals surface area contributed by atoms with Crippen LogP contribution in [0.15, 0.2) is 49.2 Å². The van der Waals surface area contributed by atoms with Crippen molar-refractivity contribution < 1.29 is 4.79 Å². The lowest BCUT2D eigenvalue weighted by Crippen LogP contribution is -2.33. The predicted octanol–water partition coefficient (Wildman–Crippen LogP) is 2.25.